The second-order valence-electron chi connectivity index (χ2n) is 12.0. The first-order chi connectivity index (χ1) is 22.8. The summed E-state index contributed by atoms with van der Waals surface area (Å²) in [5, 5.41) is 2.37. The van der Waals surface area contributed by atoms with Crippen molar-refractivity contribution in [3.63, 3.8) is 0 Å². The van der Waals surface area contributed by atoms with Crippen molar-refractivity contribution in [1.82, 2.24) is 0 Å². The van der Waals surface area contributed by atoms with E-state index in [2.05, 4.69) is 181 Å². The SMILES string of the molecule is C1=CC(N(c2ccc(-c3ccccc3)cc2)c2ccccc2-c2ccccc2)C2Oc3cccc4cccc(c34)-c3cccc1c32. The number of hydrogen-bond acceptors (Lipinski definition) is 2. The lowest BCUT2D eigenvalue weighted by atomic mass is 9.84. The number of fused-ring (bicyclic) bond motifs is 1. The van der Waals surface area contributed by atoms with E-state index in [9.17, 15) is 0 Å². The van der Waals surface area contributed by atoms with E-state index in [4.69, 9.17) is 4.74 Å². The van der Waals surface area contributed by atoms with Crippen molar-refractivity contribution in [3.8, 4) is 39.1 Å². The van der Waals surface area contributed by atoms with Crippen LogP contribution in [-0.4, -0.2) is 6.04 Å². The summed E-state index contributed by atoms with van der Waals surface area (Å²) in [7, 11) is 0. The predicted molar refractivity (Wildman–Crippen MR) is 191 cm³/mol. The molecule has 1 aliphatic carbocycles. The van der Waals surface area contributed by atoms with E-state index in [-0.39, 0.29) is 12.1 Å². The smallest absolute Gasteiger partial charge is 0.149 e. The van der Waals surface area contributed by atoms with Crippen LogP contribution in [0.3, 0.4) is 0 Å². The molecule has 0 saturated carbocycles. The molecule has 2 atom stereocenters. The van der Waals surface area contributed by atoms with Crippen LogP contribution in [0, 0.1) is 0 Å². The maximum absolute atomic E-state index is 7.22. The van der Waals surface area contributed by atoms with Crippen LogP contribution in [0.15, 0.2) is 170 Å². The fourth-order valence-electron chi connectivity index (χ4n) is 7.33. The maximum Gasteiger partial charge on any atom is 0.149 e. The van der Waals surface area contributed by atoms with Gasteiger partial charge < -0.3 is 9.64 Å². The fourth-order valence-corrected chi connectivity index (χ4v) is 7.33. The summed E-state index contributed by atoms with van der Waals surface area (Å²) in [6.45, 7) is 0. The molecule has 9 rings (SSSR count). The van der Waals surface area contributed by atoms with Gasteiger partial charge in [-0.15, -0.1) is 0 Å². The zero-order valence-corrected chi connectivity index (χ0v) is 25.3. The molecule has 218 valence electrons. The summed E-state index contributed by atoms with van der Waals surface area (Å²) in [5.41, 5.74) is 11.9. The number of ether oxygens (including phenoxy) is 1. The number of nitrogens with zero attached hydrogens (tertiary/aromatic N) is 1. The third kappa shape index (κ3) is 4.34. The Bertz CT molecular complexity index is 2230. The minimum atomic E-state index is -0.244. The topological polar surface area (TPSA) is 12.5 Å². The van der Waals surface area contributed by atoms with Crippen molar-refractivity contribution in [2.75, 3.05) is 4.90 Å². The van der Waals surface area contributed by atoms with Gasteiger partial charge in [-0.25, -0.2) is 0 Å². The largest absolute Gasteiger partial charge is 0.482 e. The quantitative estimate of drug-likeness (QED) is 0.198. The Morgan fingerprint density at radius 1 is 0.478 bits per heavy atom. The number of para-hydroxylation sites is 1. The van der Waals surface area contributed by atoms with Crippen LogP contribution in [0.1, 0.15) is 17.2 Å². The highest BCUT2D eigenvalue weighted by Crippen LogP contribution is 2.50. The molecule has 7 aromatic carbocycles. The van der Waals surface area contributed by atoms with Crippen molar-refractivity contribution in [3.05, 3.63) is 181 Å². The fraction of sp³-hybridized carbons (Fsp3) is 0.0455. The van der Waals surface area contributed by atoms with Gasteiger partial charge >= 0.3 is 0 Å². The van der Waals surface area contributed by atoms with Gasteiger partial charge in [-0.05, 0) is 63.0 Å². The van der Waals surface area contributed by atoms with Crippen LogP contribution >= 0.6 is 0 Å². The van der Waals surface area contributed by atoms with E-state index in [1.807, 2.05) is 0 Å². The Hall–Kier alpha value is -5.86. The van der Waals surface area contributed by atoms with Crippen LogP contribution < -0.4 is 9.64 Å². The minimum absolute atomic E-state index is 0.120. The Morgan fingerprint density at radius 3 is 1.91 bits per heavy atom. The summed E-state index contributed by atoms with van der Waals surface area (Å²) in [6.07, 6.45) is 4.38. The highest BCUT2D eigenvalue weighted by molar-refractivity contribution is 6.03. The van der Waals surface area contributed by atoms with Crippen LogP contribution in [0.25, 0.3) is 50.2 Å². The maximum atomic E-state index is 7.22. The van der Waals surface area contributed by atoms with Crippen LogP contribution in [-0.2, 0) is 0 Å². The van der Waals surface area contributed by atoms with Gasteiger partial charge in [0.2, 0.25) is 0 Å². The molecular formula is C44H31NO. The summed E-state index contributed by atoms with van der Waals surface area (Å²) in [5.74, 6) is 0.927. The lowest BCUT2D eigenvalue weighted by Gasteiger charge is -2.40. The average molecular weight is 590 g/mol. The monoisotopic (exact) mass is 589 g/mol. The molecule has 46 heavy (non-hydrogen) atoms. The first-order valence-corrected chi connectivity index (χ1v) is 15.9. The van der Waals surface area contributed by atoms with Gasteiger partial charge in [0, 0.05) is 27.9 Å². The normalized spacial score (nSPS) is 15.9. The number of rotatable bonds is 5. The molecule has 0 spiro atoms. The third-order valence-electron chi connectivity index (χ3n) is 9.42. The number of hydrogen-bond donors (Lipinski definition) is 0. The molecule has 0 amide bonds. The molecule has 0 aromatic heterocycles. The lowest BCUT2D eigenvalue weighted by Crippen LogP contribution is -2.39. The molecule has 2 aliphatic rings. The van der Waals surface area contributed by atoms with E-state index < -0.39 is 0 Å². The van der Waals surface area contributed by atoms with Crippen molar-refractivity contribution in [2.45, 2.75) is 12.1 Å². The molecule has 2 heteroatoms. The minimum Gasteiger partial charge on any atom is -0.482 e. The highest BCUT2D eigenvalue weighted by atomic mass is 16.5. The highest BCUT2D eigenvalue weighted by Gasteiger charge is 2.38. The van der Waals surface area contributed by atoms with Gasteiger partial charge in [0.1, 0.15) is 11.9 Å². The van der Waals surface area contributed by atoms with Gasteiger partial charge in [-0.3, -0.25) is 0 Å². The molecular weight excluding hydrogens is 558 g/mol. The summed E-state index contributed by atoms with van der Waals surface area (Å²) < 4.78 is 7.22. The van der Waals surface area contributed by atoms with Crippen molar-refractivity contribution < 1.29 is 4.74 Å². The number of benzene rings is 7. The van der Waals surface area contributed by atoms with E-state index in [1.165, 1.54) is 55.3 Å². The second-order valence-corrected chi connectivity index (χ2v) is 12.0. The molecule has 2 nitrogen and oxygen atoms in total. The Labute approximate surface area is 269 Å². The molecule has 0 N–H and O–H groups in total. The van der Waals surface area contributed by atoms with Gasteiger partial charge in [0.05, 0.1) is 6.04 Å². The average Bonchev–Trinajstić information content (AvgIpc) is 3.27. The molecule has 7 aromatic rings. The molecule has 0 bridgehead atoms. The van der Waals surface area contributed by atoms with Gasteiger partial charge in [0.15, 0.2) is 0 Å². The number of anilines is 2. The van der Waals surface area contributed by atoms with Gasteiger partial charge in [-0.1, -0.05) is 152 Å². The lowest BCUT2D eigenvalue weighted by molar-refractivity contribution is 0.193. The Kier molecular flexibility index (Phi) is 6.31. The molecule has 0 radical (unpaired) electrons. The molecule has 2 unspecified atom stereocenters. The Morgan fingerprint density at radius 2 is 1.11 bits per heavy atom. The van der Waals surface area contributed by atoms with Gasteiger partial charge in [-0.2, -0.15) is 0 Å². The zero-order valence-electron chi connectivity index (χ0n) is 25.3. The van der Waals surface area contributed by atoms with Crippen LogP contribution in [0.5, 0.6) is 5.75 Å². The molecule has 0 fully saturated rings. The molecule has 1 aliphatic heterocycles. The predicted octanol–water partition coefficient (Wildman–Crippen LogP) is 11.5. The van der Waals surface area contributed by atoms with E-state index in [0.29, 0.717) is 0 Å². The van der Waals surface area contributed by atoms with Gasteiger partial charge in [0.25, 0.3) is 0 Å². The summed E-state index contributed by atoms with van der Waals surface area (Å²) >= 11 is 0. The van der Waals surface area contributed by atoms with Crippen molar-refractivity contribution in [1.29, 1.82) is 0 Å². The Balaban J connectivity index is 1.26. The molecule has 1 heterocycles. The van der Waals surface area contributed by atoms with E-state index in [1.54, 1.807) is 0 Å². The third-order valence-corrected chi connectivity index (χ3v) is 9.42. The first kappa shape index (κ1) is 26.5. The summed E-state index contributed by atoms with van der Waals surface area (Å²) in [6, 6.07) is 58.5. The zero-order chi connectivity index (χ0) is 30.5. The van der Waals surface area contributed by atoms with Crippen LogP contribution in [0.4, 0.5) is 11.4 Å². The second kappa shape index (κ2) is 10.9. The first-order valence-electron chi connectivity index (χ1n) is 15.9. The summed E-state index contributed by atoms with van der Waals surface area (Å²) in [4.78, 5) is 2.48. The van der Waals surface area contributed by atoms with E-state index in [0.717, 1.165) is 17.1 Å². The van der Waals surface area contributed by atoms with E-state index >= 15 is 0 Å². The standard InChI is InChI=1S/C44H31NO/c1-3-12-30(13-4-1)31-24-27-35(28-25-31)45(39-22-8-7-19-36(39)32-14-5-2-6-15-32)40-29-26-34-17-10-21-38-37-20-9-16-33-18-11-23-41(42(33)37)46-44(40)43(34)38/h1-29,40,44H. The van der Waals surface area contributed by atoms with Crippen molar-refractivity contribution >= 4 is 28.2 Å². The van der Waals surface area contributed by atoms with Crippen LogP contribution in [0.2, 0.25) is 0 Å². The molecule has 0 saturated heterocycles. The van der Waals surface area contributed by atoms with Crippen molar-refractivity contribution in [2.24, 2.45) is 0 Å².